The first-order valence-electron chi connectivity index (χ1n) is 6.15. The predicted molar refractivity (Wildman–Crippen MR) is 76.6 cm³/mol. The van der Waals surface area contributed by atoms with Crippen molar-refractivity contribution in [3.8, 4) is 0 Å². The van der Waals surface area contributed by atoms with Crippen LogP contribution < -0.4 is 5.32 Å². The summed E-state index contributed by atoms with van der Waals surface area (Å²) in [6.07, 6.45) is 0. The summed E-state index contributed by atoms with van der Waals surface area (Å²) >= 11 is 1.14. The Kier molecular flexibility index (Phi) is 4.29. The highest BCUT2D eigenvalue weighted by molar-refractivity contribution is 7.15. The summed E-state index contributed by atoms with van der Waals surface area (Å²) in [5, 5.41) is 2.73. The summed E-state index contributed by atoms with van der Waals surface area (Å²) < 4.78 is 13.6. The summed E-state index contributed by atoms with van der Waals surface area (Å²) in [7, 11) is 0. The van der Waals surface area contributed by atoms with E-state index in [-0.39, 0.29) is 17.5 Å². The normalized spacial score (nSPS) is 11.9. The Morgan fingerprint density at radius 3 is 2.40 bits per heavy atom. The third-order valence-electron chi connectivity index (χ3n) is 2.90. The molecule has 0 aliphatic heterocycles. The maximum absolute atomic E-state index is 13.6. The van der Waals surface area contributed by atoms with Gasteiger partial charge >= 0.3 is 0 Å². The number of carbonyl (C=O) groups is 2. The van der Waals surface area contributed by atoms with Crippen LogP contribution in [0, 0.1) is 5.82 Å². The van der Waals surface area contributed by atoms with Crippen molar-refractivity contribution in [3.05, 3.63) is 57.5 Å². The zero-order chi connectivity index (χ0) is 14.7. The van der Waals surface area contributed by atoms with Crippen LogP contribution in [0.4, 0.5) is 4.39 Å². The van der Waals surface area contributed by atoms with E-state index in [0.717, 1.165) is 11.3 Å². The van der Waals surface area contributed by atoms with E-state index in [9.17, 15) is 14.0 Å². The molecule has 104 valence electrons. The molecule has 0 saturated heterocycles. The molecule has 2 rings (SSSR count). The van der Waals surface area contributed by atoms with E-state index in [2.05, 4.69) is 5.32 Å². The highest BCUT2D eigenvalue weighted by atomic mass is 32.1. The van der Waals surface area contributed by atoms with Crippen LogP contribution >= 0.6 is 11.3 Å². The van der Waals surface area contributed by atoms with Gasteiger partial charge in [-0.15, -0.1) is 11.3 Å². The fourth-order valence-electron chi connectivity index (χ4n) is 1.82. The lowest BCUT2D eigenvalue weighted by atomic mass is 10.1. The first-order chi connectivity index (χ1) is 9.49. The van der Waals surface area contributed by atoms with Crippen LogP contribution in [0.3, 0.4) is 0 Å². The predicted octanol–water partition coefficient (Wildman–Crippen LogP) is 3.58. The van der Waals surface area contributed by atoms with Crippen molar-refractivity contribution in [1.29, 1.82) is 0 Å². The van der Waals surface area contributed by atoms with Gasteiger partial charge in [-0.1, -0.05) is 18.2 Å². The smallest absolute Gasteiger partial charge is 0.261 e. The number of amides is 1. The van der Waals surface area contributed by atoms with Crippen LogP contribution in [-0.2, 0) is 0 Å². The number of nitrogens with one attached hydrogen (secondary N) is 1. The molecule has 1 N–H and O–H groups in total. The molecule has 0 aliphatic carbocycles. The molecule has 1 amide bonds. The quantitative estimate of drug-likeness (QED) is 0.875. The van der Waals surface area contributed by atoms with Crippen molar-refractivity contribution in [1.82, 2.24) is 5.32 Å². The monoisotopic (exact) mass is 291 g/mol. The van der Waals surface area contributed by atoms with E-state index in [1.54, 1.807) is 37.3 Å². The lowest BCUT2D eigenvalue weighted by molar-refractivity contribution is 0.0943. The van der Waals surface area contributed by atoms with Gasteiger partial charge in [0.2, 0.25) is 0 Å². The minimum absolute atomic E-state index is 0.0730. The van der Waals surface area contributed by atoms with Crippen LogP contribution in [0.2, 0.25) is 0 Å². The number of rotatable bonds is 4. The van der Waals surface area contributed by atoms with Crippen LogP contribution in [0.5, 0.6) is 0 Å². The van der Waals surface area contributed by atoms with Gasteiger partial charge in [0.25, 0.3) is 5.91 Å². The SMILES string of the molecule is CC(=O)c1ccc(C(=O)N[C@H](C)c2ccccc2F)s1. The van der Waals surface area contributed by atoms with Gasteiger partial charge in [-0.2, -0.15) is 0 Å². The van der Waals surface area contributed by atoms with E-state index in [4.69, 9.17) is 0 Å². The van der Waals surface area contributed by atoms with E-state index in [0.29, 0.717) is 15.3 Å². The molecule has 20 heavy (non-hydrogen) atoms. The minimum atomic E-state index is -0.438. The number of ketones is 1. The second kappa shape index (κ2) is 5.96. The maximum Gasteiger partial charge on any atom is 0.261 e. The first kappa shape index (κ1) is 14.4. The maximum atomic E-state index is 13.6. The first-order valence-corrected chi connectivity index (χ1v) is 6.96. The van der Waals surface area contributed by atoms with Gasteiger partial charge in [0, 0.05) is 5.56 Å². The van der Waals surface area contributed by atoms with Gasteiger partial charge in [0.15, 0.2) is 5.78 Å². The van der Waals surface area contributed by atoms with Gasteiger partial charge in [-0.25, -0.2) is 4.39 Å². The standard InChI is InChI=1S/C15H14FNO2S/c1-9(11-5-3-4-6-12(11)16)17-15(19)14-8-7-13(20-14)10(2)18/h3-9H,1-2H3,(H,17,19)/t9-/m1/s1. The molecular weight excluding hydrogens is 277 g/mol. The minimum Gasteiger partial charge on any atom is -0.345 e. The molecule has 1 atom stereocenters. The fraction of sp³-hybridized carbons (Fsp3) is 0.200. The summed E-state index contributed by atoms with van der Waals surface area (Å²) in [6, 6.07) is 9.10. The van der Waals surface area contributed by atoms with Crippen molar-refractivity contribution < 1.29 is 14.0 Å². The molecule has 0 saturated carbocycles. The Bertz CT molecular complexity index is 651. The molecule has 3 nitrogen and oxygen atoms in total. The molecule has 1 aromatic heterocycles. The van der Waals surface area contributed by atoms with Gasteiger partial charge in [0.05, 0.1) is 15.8 Å². The summed E-state index contributed by atoms with van der Waals surface area (Å²) in [6.45, 7) is 3.17. The molecule has 5 heteroatoms. The molecule has 0 bridgehead atoms. The Morgan fingerprint density at radius 2 is 1.80 bits per heavy atom. The van der Waals surface area contributed by atoms with E-state index in [1.165, 1.54) is 13.0 Å². The number of benzene rings is 1. The van der Waals surface area contributed by atoms with E-state index in [1.807, 2.05) is 0 Å². The summed E-state index contributed by atoms with van der Waals surface area (Å²) in [5.74, 6) is -0.731. The molecule has 0 radical (unpaired) electrons. The molecule has 2 aromatic rings. The van der Waals surface area contributed by atoms with Gasteiger partial charge in [0.1, 0.15) is 5.82 Å². The highest BCUT2D eigenvalue weighted by Crippen LogP contribution is 2.20. The second-order valence-corrected chi connectivity index (χ2v) is 5.52. The third kappa shape index (κ3) is 3.11. The average Bonchev–Trinajstić information content (AvgIpc) is 2.88. The third-order valence-corrected chi connectivity index (χ3v) is 4.08. The molecule has 0 fully saturated rings. The largest absolute Gasteiger partial charge is 0.345 e. The molecule has 0 unspecified atom stereocenters. The number of thiophene rings is 1. The van der Waals surface area contributed by atoms with Crippen LogP contribution in [-0.4, -0.2) is 11.7 Å². The van der Waals surface area contributed by atoms with Crippen molar-refractivity contribution in [2.45, 2.75) is 19.9 Å². The fourth-order valence-corrected chi connectivity index (χ4v) is 2.63. The Balaban J connectivity index is 2.11. The lowest BCUT2D eigenvalue weighted by Crippen LogP contribution is -2.26. The van der Waals surface area contributed by atoms with E-state index >= 15 is 0 Å². The number of Topliss-reactive ketones (excluding diaryl/α,β-unsaturated/α-hetero) is 1. The molecule has 1 heterocycles. The Labute approximate surface area is 120 Å². The molecular formula is C15H14FNO2S. The zero-order valence-corrected chi connectivity index (χ0v) is 12.0. The topological polar surface area (TPSA) is 46.2 Å². The average molecular weight is 291 g/mol. The van der Waals surface area contributed by atoms with Crippen molar-refractivity contribution in [2.75, 3.05) is 0 Å². The lowest BCUT2D eigenvalue weighted by Gasteiger charge is -2.14. The van der Waals surface area contributed by atoms with Crippen LogP contribution in [0.15, 0.2) is 36.4 Å². The highest BCUT2D eigenvalue weighted by Gasteiger charge is 2.16. The molecule has 0 aliphatic rings. The second-order valence-electron chi connectivity index (χ2n) is 4.44. The number of halogens is 1. The van der Waals surface area contributed by atoms with Crippen molar-refractivity contribution >= 4 is 23.0 Å². The number of hydrogen-bond donors (Lipinski definition) is 1. The zero-order valence-electron chi connectivity index (χ0n) is 11.1. The number of hydrogen-bond acceptors (Lipinski definition) is 3. The van der Waals surface area contributed by atoms with Gasteiger partial charge in [-0.3, -0.25) is 9.59 Å². The van der Waals surface area contributed by atoms with Crippen molar-refractivity contribution in [3.63, 3.8) is 0 Å². The number of carbonyl (C=O) groups excluding carboxylic acids is 2. The summed E-state index contributed by atoms with van der Waals surface area (Å²) in [5.41, 5.74) is 0.434. The van der Waals surface area contributed by atoms with Crippen LogP contribution in [0.25, 0.3) is 0 Å². The van der Waals surface area contributed by atoms with Gasteiger partial charge in [-0.05, 0) is 32.0 Å². The Hall–Kier alpha value is -2.01. The van der Waals surface area contributed by atoms with Crippen molar-refractivity contribution in [2.24, 2.45) is 0 Å². The van der Waals surface area contributed by atoms with Gasteiger partial charge < -0.3 is 5.32 Å². The molecule has 0 spiro atoms. The summed E-state index contributed by atoms with van der Waals surface area (Å²) in [4.78, 5) is 24.2. The van der Waals surface area contributed by atoms with E-state index < -0.39 is 6.04 Å². The Morgan fingerprint density at radius 1 is 1.15 bits per heavy atom. The van der Waals surface area contributed by atoms with Crippen LogP contribution in [0.1, 0.15) is 44.8 Å². The molecule has 1 aromatic carbocycles.